The number of benzene rings is 1. The highest BCUT2D eigenvalue weighted by Gasteiger charge is 2.24. The molecule has 2 rings (SSSR count). The summed E-state index contributed by atoms with van der Waals surface area (Å²) in [5.74, 6) is 6.47. The van der Waals surface area contributed by atoms with Crippen LogP contribution in [0.25, 0.3) is 0 Å². The molecule has 0 aliphatic carbocycles. The van der Waals surface area contributed by atoms with Gasteiger partial charge in [0.2, 0.25) is 0 Å². The molecule has 1 heterocycles. The van der Waals surface area contributed by atoms with E-state index in [0.717, 1.165) is 15.7 Å². The first kappa shape index (κ1) is 16.3. The summed E-state index contributed by atoms with van der Waals surface area (Å²) in [4.78, 5) is 0. The summed E-state index contributed by atoms with van der Waals surface area (Å²) < 4.78 is 8.19. The summed E-state index contributed by atoms with van der Waals surface area (Å²) >= 11 is 9.59. The molecule has 3 N–H and O–H groups in total. The average molecular weight is 374 g/mol. The van der Waals surface area contributed by atoms with E-state index in [1.54, 1.807) is 13.3 Å². The van der Waals surface area contributed by atoms with E-state index in [0.29, 0.717) is 10.8 Å². The van der Waals surface area contributed by atoms with Crippen molar-refractivity contribution in [1.29, 1.82) is 0 Å². The predicted molar refractivity (Wildman–Crippen MR) is 87.5 cm³/mol. The van der Waals surface area contributed by atoms with Crippen molar-refractivity contribution in [3.8, 4) is 5.75 Å². The molecule has 0 amide bonds. The lowest BCUT2D eigenvalue weighted by Crippen LogP contribution is -2.31. The minimum absolute atomic E-state index is 0.183. The van der Waals surface area contributed by atoms with E-state index in [9.17, 15) is 0 Å². The van der Waals surface area contributed by atoms with E-state index in [1.807, 2.05) is 22.9 Å². The smallest absolute Gasteiger partial charge is 0.161 e. The van der Waals surface area contributed by atoms with Crippen LogP contribution in [0.4, 0.5) is 0 Å². The molecule has 0 aliphatic rings. The highest BCUT2D eigenvalue weighted by atomic mass is 79.9. The van der Waals surface area contributed by atoms with Crippen molar-refractivity contribution in [2.45, 2.75) is 25.9 Å². The average Bonchev–Trinajstić information content (AvgIpc) is 2.82. The highest BCUT2D eigenvalue weighted by molar-refractivity contribution is 9.10. The lowest BCUT2D eigenvalue weighted by molar-refractivity contribution is 0.394. The van der Waals surface area contributed by atoms with Gasteiger partial charge in [0.05, 0.1) is 19.3 Å². The van der Waals surface area contributed by atoms with E-state index >= 15 is 0 Å². The van der Waals surface area contributed by atoms with Gasteiger partial charge in [-0.3, -0.25) is 10.5 Å². The van der Waals surface area contributed by atoms with E-state index < -0.39 is 0 Å². The summed E-state index contributed by atoms with van der Waals surface area (Å²) in [5.41, 5.74) is 4.62. The molecule has 2 aromatic rings. The van der Waals surface area contributed by atoms with Crippen molar-refractivity contribution in [1.82, 2.24) is 15.2 Å². The third kappa shape index (κ3) is 3.40. The monoisotopic (exact) mass is 372 g/mol. The lowest BCUT2D eigenvalue weighted by atomic mass is 10.0. The molecule has 0 aliphatic heterocycles. The van der Waals surface area contributed by atoms with Crippen molar-refractivity contribution >= 4 is 27.5 Å². The Labute approximate surface area is 137 Å². The minimum Gasteiger partial charge on any atom is -0.493 e. The van der Waals surface area contributed by atoms with Gasteiger partial charge in [0.1, 0.15) is 5.69 Å². The molecule has 7 heteroatoms. The maximum absolute atomic E-state index is 6.14. The zero-order valence-electron chi connectivity index (χ0n) is 12.1. The number of ether oxygens (including phenoxy) is 1. The molecule has 1 aromatic carbocycles. The molecule has 21 heavy (non-hydrogen) atoms. The van der Waals surface area contributed by atoms with Crippen LogP contribution in [0, 0.1) is 0 Å². The zero-order chi connectivity index (χ0) is 15.6. The van der Waals surface area contributed by atoms with Crippen LogP contribution in [0.5, 0.6) is 5.75 Å². The number of nitrogens with zero attached hydrogens (tertiary/aromatic N) is 2. The second-order valence-corrected chi connectivity index (χ2v) is 6.29. The van der Waals surface area contributed by atoms with Crippen LogP contribution in [-0.2, 0) is 0 Å². The van der Waals surface area contributed by atoms with Gasteiger partial charge in [0.25, 0.3) is 0 Å². The molecular weight excluding hydrogens is 356 g/mol. The molecule has 1 atom stereocenters. The summed E-state index contributed by atoms with van der Waals surface area (Å²) in [6.07, 6.45) is 1.69. The van der Waals surface area contributed by atoms with Gasteiger partial charge in [0, 0.05) is 15.5 Å². The molecule has 114 valence electrons. The first-order chi connectivity index (χ1) is 9.97. The molecule has 1 unspecified atom stereocenters. The molecule has 0 saturated carbocycles. The first-order valence-electron chi connectivity index (χ1n) is 6.51. The topological polar surface area (TPSA) is 65.1 Å². The maximum atomic E-state index is 6.14. The fraction of sp³-hybridized carbons (Fsp3) is 0.357. The van der Waals surface area contributed by atoms with Crippen LogP contribution in [0.15, 0.2) is 28.9 Å². The van der Waals surface area contributed by atoms with Gasteiger partial charge < -0.3 is 4.74 Å². The number of hydrogen-bond acceptors (Lipinski definition) is 4. The predicted octanol–water partition coefficient (Wildman–Crippen LogP) is 3.44. The van der Waals surface area contributed by atoms with Crippen LogP contribution in [0.1, 0.15) is 37.2 Å². The Balaban J connectivity index is 2.57. The Morgan fingerprint density at radius 2 is 2.10 bits per heavy atom. The second kappa shape index (κ2) is 6.79. The number of nitrogens with two attached hydrogens (primary N) is 1. The number of methoxy groups -OCH3 is 1. The number of halogens is 2. The number of nitrogens with one attached hydrogen (secondary N) is 1. The van der Waals surface area contributed by atoms with Crippen molar-refractivity contribution in [2.75, 3.05) is 7.11 Å². The largest absolute Gasteiger partial charge is 0.493 e. The Hall–Kier alpha value is -1.08. The van der Waals surface area contributed by atoms with Crippen molar-refractivity contribution in [3.63, 3.8) is 0 Å². The molecule has 0 fully saturated rings. The summed E-state index contributed by atoms with van der Waals surface area (Å²) in [6, 6.07) is 5.57. The maximum Gasteiger partial charge on any atom is 0.161 e. The number of rotatable bonds is 5. The van der Waals surface area contributed by atoms with E-state index in [1.165, 1.54) is 0 Å². The molecule has 0 saturated heterocycles. The third-order valence-corrected chi connectivity index (χ3v) is 3.84. The number of hydrogen-bond donors (Lipinski definition) is 2. The normalized spacial score (nSPS) is 12.7. The van der Waals surface area contributed by atoms with Crippen LogP contribution in [0.2, 0.25) is 5.02 Å². The van der Waals surface area contributed by atoms with Gasteiger partial charge in [-0.15, -0.1) is 0 Å². The SMILES string of the molecule is COc1cnn(C(C)C)c1C(NN)c1cc(Cl)cc(Br)c1. The highest BCUT2D eigenvalue weighted by Crippen LogP contribution is 2.33. The molecular formula is C14H18BrClN4O. The van der Waals surface area contributed by atoms with Gasteiger partial charge in [-0.2, -0.15) is 5.10 Å². The van der Waals surface area contributed by atoms with Gasteiger partial charge in [0.15, 0.2) is 5.75 Å². The minimum atomic E-state index is -0.278. The van der Waals surface area contributed by atoms with Crippen molar-refractivity contribution in [2.24, 2.45) is 5.84 Å². The summed E-state index contributed by atoms with van der Waals surface area (Å²) in [6.45, 7) is 4.11. The van der Waals surface area contributed by atoms with Crippen LogP contribution < -0.4 is 16.0 Å². The van der Waals surface area contributed by atoms with Crippen LogP contribution in [0.3, 0.4) is 0 Å². The lowest BCUT2D eigenvalue weighted by Gasteiger charge is -2.21. The van der Waals surface area contributed by atoms with E-state index in [4.69, 9.17) is 22.2 Å². The second-order valence-electron chi connectivity index (χ2n) is 4.94. The van der Waals surface area contributed by atoms with Crippen molar-refractivity contribution < 1.29 is 4.74 Å². The fourth-order valence-electron chi connectivity index (χ4n) is 2.27. The van der Waals surface area contributed by atoms with Gasteiger partial charge in [-0.25, -0.2) is 5.43 Å². The Kier molecular flexibility index (Phi) is 5.27. The molecule has 0 bridgehead atoms. The van der Waals surface area contributed by atoms with Gasteiger partial charge >= 0.3 is 0 Å². The standard InChI is InChI=1S/C14H18BrClN4O/c1-8(2)20-14(12(21-3)7-18-20)13(19-17)9-4-10(15)6-11(16)5-9/h4-8,13,19H,17H2,1-3H3. The first-order valence-corrected chi connectivity index (χ1v) is 7.68. The number of hydrazine groups is 1. The zero-order valence-corrected chi connectivity index (χ0v) is 14.4. The van der Waals surface area contributed by atoms with Crippen LogP contribution >= 0.6 is 27.5 Å². The molecule has 1 aromatic heterocycles. The van der Waals surface area contributed by atoms with Gasteiger partial charge in [-0.05, 0) is 37.6 Å². The summed E-state index contributed by atoms with van der Waals surface area (Å²) in [7, 11) is 1.62. The summed E-state index contributed by atoms with van der Waals surface area (Å²) in [5, 5.41) is 5.01. The number of aromatic nitrogens is 2. The third-order valence-electron chi connectivity index (χ3n) is 3.17. The Morgan fingerprint density at radius 3 is 2.62 bits per heavy atom. The Bertz CT molecular complexity index is 609. The molecule has 0 radical (unpaired) electrons. The van der Waals surface area contributed by atoms with Crippen molar-refractivity contribution in [3.05, 3.63) is 45.1 Å². The Morgan fingerprint density at radius 1 is 1.38 bits per heavy atom. The van der Waals surface area contributed by atoms with E-state index in [2.05, 4.69) is 40.3 Å². The quantitative estimate of drug-likeness (QED) is 0.622. The van der Waals surface area contributed by atoms with E-state index in [-0.39, 0.29) is 12.1 Å². The fourth-order valence-corrected chi connectivity index (χ4v) is 3.16. The molecule has 5 nitrogen and oxygen atoms in total. The van der Waals surface area contributed by atoms with Gasteiger partial charge in [-0.1, -0.05) is 27.5 Å². The molecule has 0 spiro atoms. The van der Waals surface area contributed by atoms with Crippen LogP contribution in [-0.4, -0.2) is 16.9 Å².